The fourth-order valence-corrected chi connectivity index (χ4v) is 6.85. The number of aliphatic hydroxyl groups is 8. The summed E-state index contributed by atoms with van der Waals surface area (Å²) < 4.78 is 22.5. The third kappa shape index (κ3) is 20.9. The maximum absolute atomic E-state index is 13.0. The molecule has 2 heterocycles. The van der Waals surface area contributed by atoms with Crippen LogP contribution >= 0.6 is 0 Å². The van der Waals surface area contributed by atoms with E-state index >= 15 is 0 Å². The largest absolute Gasteiger partial charge is 0.394 e. The Morgan fingerprint density at radius 3 is 1.78 bits per heavy atom. The first-order valence-corrected chi connectivity index (χ1v) is 22.0. The average Bonchev–Trinajstić information content (AvgIpc) is 3.23. The number of unbranched alkanes of at least 4 members (excludes halogenated alkanes) is 8. The first-order chi connectivity index (χ1) is 28.6. The molecule has 0 saturated carbocycles. The van der Waals surface area contributed by atoms with Gasteiger partial charge < -0.3 is 65.1 Å². The van der Waals surface area contributed by atoms with Crippen LogP contribution < -0.4 is 5.32 Å². The number of amides is 1. The van der Waals surface area contributed by atoms with Crippen molar-refractivity contribution in [2.45, 2.75) is 197 Å². The van der Waals surface area contributed by atoms with Gasteiger partial charge in [-0.3, -0.25) is 4.79 Å². The molecular weight excluding hydrogens is 762 g/mol. The van der Waals surface area contributed by atoms with Crippen LogP contribution in [0.5, 0.6) is 0 Å². The first-order valence-electron chi connectivity index (χ1n) is 22.0. The molecular formula is C45H77NO13. The lowest BCUT2D eigenvalue weighted by atomic mass is 9.97. The smallest absolute Gasteiger partial charge is 0.220 e. The SMILES string of the molecule is CC/C=C\C/C=C\C/C=C\C/C=C\C/C=C\CCCCCCCC(=O)NC(COC1OC(CO)C(OC2OC(CO)C(O)C(O)C2O)C(O)C1O)C(O)CCCCCC. The highest BCUT2D eigenvalue weighted by atomic mass is 16.7. The summed E-state index contributed by atoms with van der Waals surface area (Å²) in [6.45, 7) is 2.55. The highest BCUT2D eigenvalue weighted by molar-refractivity contribution is 5.76. The zero-order valence-electron chi connectivity index (χ0n) is 35.5. The van der Waals surface area contributed by atoms with E-state index in [4.69, 9.17) is 18.9 Å². The van der Waals surface area contributed by atoms with Crippen LogP contribution in [0, 0.1) is 0 Å². The first kappa shape index (κ1) is 52.8. The maximum Gasteiger partial charge on any atom is 0.220 e. The van der Waals surface area contributed by atoms with Crippen molar-refractivity contribution < 1.29 is 64.6 Å². The van der Waals surface area contributed by atoms with Gasteiger partial charge in [-0.1, -0.05) is 120 Å². The fraction of sp³-hybridized carbons (Fsp3) is 0.756. The number of carbonyl (C=O) groups is 1. The predicted octanol–water partition coefficient (Wildman–Crippen LogP) is 3.93. The van der Waals surface area contributed by atoms with Gasteiger partial charge in [-0.25, -0.2) is 0 Å². The summed E-state index contributed by atoms with van der Waals surface area (Å²) in [6.07, 6.45) is 20.2. The van der Waals surface area contributed by atoms with Gasteiger partial charge in [0.15, 0.2) is 12.6 Å². The van der Waals surface area contributed by atoms with Crippen LogP contribution in [-0.4, -0.2) is 140 Å². The summed E-state index contributed by atoms with van der Waals surface area (Å²) in [5, 5.41) is 86.0. The molecule has 2 aliphatic heterocycles. The van der Waals surface area contributed by atoms with Crippen molar-refractivity contribution in [3.63, 3.8) is 0 Å². The molecule has 14 nitrogen and oxygen atoms in total. The molecule has 12 atom stereocenters. The van der Waals surface area contributed by atoms with E-state index < -0.39 is 86.8 Å². The van der Waals surface area contributed by atoms with E-state index in [1.165, 1.54) is 0 Å². The number of allylic oxidation sites excluding steroid dienone is 10. The van der Waals surface area contributed by atoms with Crippen LogP contribution in [0.15, 0.2) is 60.8 Å². The Morgan fingerprint density at radius 2 is 1.17 bits per heavy atom. The van der Waals surface area contributed by atoms with Gasteiger partial charge in [0, 0.05) is 6.42 Å². The van der Waals surface area contributed by atoms with Gasteiger partial charge in [0.05, 0.1) is 32.0 Å². The van der Waals surface area contributed by atoms with Crippen LogP contribution in [0.1, 0.15) is 123 Å². The monoisotopic (exact) mass is 840 g/mol. The lowest BCUT2D eigenvalue weighted by Crippen LogP contribution is -2.65. The minimum atomic E-state index is -1.78. The number of aliphatic hydroxyl groups excluding tert-OH is 8. The summed E-state index contributed by atoms with van der Waals surface area (Å²) >= 11 is 0. The average molecular weight is 840 g/mol. The minimum absolute atomic E-state index is 0.239. The van der Waals surface area contributed by atoms with Crippen molar-refractivity contribution in [1.82, 2.24) is 5.32 Å². The Hall–Kier alpha value is -2.31. The summed E-state index contributed by atoms with van der Waals surface area (Å²) in [6, 6.07) is -0.837. The Labute approximate surface area is 352 Å². The van der Waals surface area contributed by atoms with E-state index in [1.807, 2.05) is 0 Å². The van der Waals surface area contributed by atoms with Crippen molar-refractivity contribution in [1.29, 1.82) is 0 Å². The molecule has 14 heteroatoms. The molecule has 1 amide bonds. The number of rotatable bonds is 31. The van der Waals surface area contributed by atoms with Gasteiger partial charge in [-0.2, -0.15) is 0 Å². The van der Waals surface area contributed by atoms with Crippen LogP contribution in [0.25, 0.3) is 0 Å². The molecule has 0 bridgehead atoms. The number of nitrogens with one attached hydrogen (secondary N) is 1. The molecule has 2 fully saturated rings. The van der Waals surface area contributed by atoms with Gasteiger partial charge in [-0.15, -0.1) is 0 Å². The Morgan fingerprint density at radius 1 is 0.627 bits per heavy atom. The topological polar surface area (TPSA) is 228 Å². The summed E-state index contributed by atoms with van der Waals surface area (Å²) in [4.78, 5) is 13.0. The van der Waals surface area contributed by atoms with Gasteiger partial charge in [0.2, 0.25) is 5.91 Å². The molecule has 340 valence electrons. The Kier molecular flexibility index (Phi) is 29.0. The molecule has 0 spiro atoms. The van der Waals surface area contributed by atoms with E-state index in [0.717, 1.165) is 89.9 Å². The summed E-state index contributed by atoms with van der Waals surface area (Å²) in [5.41, 5.74) is 0. The zero-order valence-corrected chi connectivity index (χ0v) is 35.5. The van der Waals surface area contributed by atoms with Crippen LogP contribution in [0.4, 0.5) is 0 Å². The van der Waals surface area contributed by atoms with Crippen LogP contribution in [0.2, 0.25) is 0 Å². The molecule has 0 aromatic rings. The second kappa shape index (κ2) is 32.4. The van der Waals surface area contributed by atoms with Crippen molar-refractivity contribution in [2.24, 2.45) is 0 Å². The standard InChI is InChI=1S/C45H77NO13/c1-3-5-7-9-10-11-12-13-14-15-16-17-18-19-20-21-22-23-24-25-27-29-37(50)46-33(34(49)28-26-8-6-4-2)32-56-44-42(55)40(53)43(36(31-48)58-44)59-45-41(54)39(52)38(51)35(30-47)57-45/h5,7,10-11,13-14,16-17,19-20,33-36,38-45,47-49,51-55H,3-4,6,8-9,12,15,18,21-32H2,1-2H3,(H,46,50)/b7-5-,11-10-,14-13-,17-16-,20-19-. The molecule has 0 aromatic heterocycles. The van der Waals surface area contributed by atoms with Crippen LogP contribution in [0.3, 0.4) is 0 Å². The van der Waals surface area contributed by atoms with E-state index in [2.05, 4.69) is 79.9 Å². The molecule has 59 heavy (non-hydrogen) atoms. The van der Waals surface area contributed by atoms with Gasteiger partial charge in [0.25, 0.3) is 0 Å². The molecule has 12 unspecified atom stereocenters. The molecule has 0 aliphatic carbocycles. The van der Waals surface area contributed by atoms with Crippen molar-refractivity contribution in [3.05, 3.63) is 60.8 Å². The number of hydrogen-bond donors (Lipinski definition) is 9. The van der Waals surface area contributed by atoms with Crippen molar-refractivity contribution in [2.75, 3.05) is 19.8 Å². The van der Waals surface area contributed by atoms with Gasteiger partial charge in [0.1, 0.15) is 48.8 Å². The van der Waals surface area contributed by atoms with Gasteiger partial charge in [-0.05, 0) is 57.8 Å². The molecule has 0 radical (unpaired) electrons. The number of ether oxygens (including phenoxy) is 4. The highest BCUT2D eigenvalue weighted by Crippen LogP contribution is 2.30. The van der Waals surface area contributed by atoms with Crippen molar-refractivity contribution >= 4 is 5.91 Å². The second-order valence-electron chi connectivity index (χ2n) is 15.4. The van der Waals surface area contributed by atoms with Crippen LogP contribution in [-0.2, 0) is 23.7 Å². The summed E-state index contributed by atoms with van der Waals surface area (Å²) in [7, 11) is 0. The van der Waals surface area contributed by atoms with Crippen molar-refractivity contribution in [3.8, 4) is 0 Å². The third-order valence-electron chi connectivity index (χ3n) is 10.5. The van der Waals surface area contributed by atoms with E-state index in [1.54, 1.807) is 0 Å². The second-order valence-corrected chi connectivity index (χ2v) is 15.4. The highest BCUT2D eigenvalue weighted by Gasteiger charge is 2.51. The lowest BCUT2D eigenvalue weighted by Gasteiger charge is -2.46. The molecule has 2 aliphatic rings. The third-order valence-corrected chi connectivity index (χ3v) is 10.5. The molecule has 0 aromatic carbocycles. The number of carbonyl (C=O) groups excluding carboxylic acids is 1. The van der Waals surface area contributed by atoms with E-state index in [0.29, 0.717) is 12.8 Å². The normalized spacial score (nSPS) is 29.1. The maximum atomic E-state index is 13.0. The Balaban J connectivity index is 1.75. The summed E-state index contributed by atoms with van der Waals surface area (Å²) in [5.74, 6) is -0.239. The zero-order chi connectivity index (χ0) is 43.3. The number of hydrogen-bond acceptors (Lipinski definition) is 13. The minimum Gasteiger partial charge on any atom is -0.394 e. The molecule has 2 rings (SSSR count). The quantitative estimate of drug-likeness (QED) is 0.0357. The fourth-order valence-electron chi connectivity index (χ4n) is 6.85. The molecule has 9 N–H and O–H groups in total. The van der Waals surface area contributed by atoms with E-state index in [9.17, 15) is 45.6 Å². The lowest BCUT2D eigenvalue weighted by molar-refractivity contribution is -0.359. The predicted molar refractivity (Wildman–Crippen MR) is 226 cm³/mol. The Bertz CT molecular complexity index is 1220. The van der Waals surface area contributed by atoms with Gasteiger partial charge >= 0.3 is 0 Å². The van der Waals surface area contributed by atoms with E-state index in [-0.39, 0.29) is 18.9 Å². The molecule has 2 saturated heterocycles.